The fourth-order valence-electron chi connectivity index (χ4n) is 3.68. The van der Waals surface area contributed by atoms with Crippen LogP contribution in [0.1, 0.15) is 36.1 Å². The second-order valence-corrected chi connectivity index (χ2v) is 7.65. The lowest BCUT2D eigenvalue weighted by molar-refractivity contribution is -0.120. The minimum atomic E-state index is 0.0599. The molecule has 0 bridgehead atoms. The summed E-state index contributed by atoms with van der Waals surface area (Å²) in [6, 6.07) is 16.6. The Morgan fingerprint density at radius 2 is 1.67 bits per heavy atom. The lowest BCUT2D eigenvalue weighted by atomic mass is 10.1. The Morgan fingerprint density at radius 1 is 1.04 bits per heavy atom. The van der Waals surface area contributed by atoms with Crippen LogP contribution in [0.5, 0.6) is 0 Å². The first-order valence-corrected chi connectivity index (χ1v) is 9.76. The molecule has 0 radical (unpaired) electrons. The van der Waals surface area contributed by atoms with Gasteiger partial charge in [-0.15, -0.1) is 0 Å². The van der Waals surface area contributed by atoms with Crippen LogP contribution < -0.4 is 5.32 Å². The average Bonchev–Trinajstić information content (AvgIpc) is 2.62. The third-order valence-electron chi connectivity index (χ3n) is 5.03. The van der Waals surface area contributed by atoms with Crippen molar-refractivity contribution in [3.8, 4) is 0 Å². The van der Waals surface area contributed by atoms with Crippen LogP contribution in [0.3, 0.4) is 0 Å². The molecule has 2 aromatic carbocycles. The second kappa shape index (κ2) is 9.16. The smallest absolute Gasteiger partial charge is 0.224 e. The average molecular weight is 367 g/mol. The molecule has 4 nitrogen and oxygen atoms in total. The zero-order chi connectivity index (χ0) is 19.2. The van der Waals surface area contributed by atoms with E-state index < -0.39 is 0 Å². The minimum absolute atomic E-state index is 0.0599. The summed E-state index contributed by atoms with van der Waals surface area (Å²) in [4.78, 5) is 14.6. The van der Waals surface area contributed by atoms with Crippen molar-refractivity contribution in [2.75, 3.05) is 13.1 Å². The Kier molecular flexibility index (Phi) is 6.64. The van der Waals surface area contributed by atoms with E-state index in [-0.39, 0.29) is 18.1 Å². The number of carbonyl (C=O) groups excluding carboxylic acids is 1. The van der Waals surface area contributed by atoms with Crippen molar-refractivity contribution in [1.82, 2.24) is 10.2 Å². The van der Waals surface area contributed by atoms with Gasteiger partial charge in [-0.25, -0.2) is 0 Å². The molecule has 1 saturated heterocycles. The molecule has 1 aliphatic heterocycles. The maximum atomic E-state index is 12.2. The van der Waals surface area contributed by atoms with E-state index in [1.165, 1.54) is 5.56 Å². The molecule has 1 amide bonds. The molecule has 3 rings (SSSR count). The van der Waals surface area contributed by atoms with Crippen molar-refractivity contribution in [3.05, 3.63) is 70.8 Å². The van der Waals surface area contributed by atoms with Crippen LogP contribution in [0.25, 0.3) is 0 Å². The van der Waals surface area contributed by atoms with E-state index in [0.29, 0.717) is 13.0 Å². The van der Waals surface area contributed by atoms with Gasteiger partial charge >= 0.3 is 0 Å². The van der Waals surface area contributed by atoms with Crippen LogP contribution in [0.15, 0.2) is 48.5 Å². The molecular formula is C23H30N2O2. The molecule has 27 heavy (non-hydrogen) atoms. The van der Waals surface area contributed by atoms with Crippen LogP contribution in [-0.2, 0) is 29.0 Å². The van der Waals surface area contributed by atoms with Crippen molar-refractivity contribution in [1.29, 1.82) is 0 Å². The summed E-state index contributed by atoms with van der Waals surface area (Å²) >= 11 is 0. The highest BCUT2D eigenvalue weighted by Crippen LogP contribution is 2.15. The third-order valence-corrected chi connectivity index (χ3v) is 5.03. The summed E-state index contributed by atoms with van der Waals surface area (Å²) in [5.74, 6) is 0.0599. The van der Waals surface area contributed by atoms with Crippen LogP contribution >= 0.6 is 0 Å². The molecule has 1 N–H and O–H groups in total. The van der Waals surface area contributed by atoms with Crippen molar-refractivity contribution in [3.63, 3.8) is 0 Å². The maximum absolute atomic E-state index is 12.2. The molecule has 0 spiro atoms. The molecule has 1 heterocycles. The first-order valence-electron chi connectivity index (χ1n) is 9.76. The number of benzene rings is 2. The topological polar surface area (TPSA) is 41.6 Å². The molecular weight excluding hydrogens is 336 g/mol. The van der Waals surface area contributed by atoms with Crippen LogP contribution in [0, 0.1) is 6.92 Å². The van der Waals surface area contributed by atoms with Crippen molar-refractivity contribution >= 4 is 5.91 Å². The van der Waals surface area contributed by atoms with E-state index in [1.54, 1.807) is 0 Å². The van der Waals surface area contributed by atoms with E-state index in [0.717, 1.165) is 36.3 Å². The molecule has 1 aliphatic rings. The molecule has 0 aliphatic carbocycles. The second-order valence-electron chi connectivity index (χ2n) is 7.65. The van der Waals surface area contributed by atoms with Gasteiger partial charge < -0.3 is 10.1 Å². The fraction of sp³-hybridized carbons (Fsp3) is 0.435. The molecule has 1 fully saturated rings. The fourth-order valence-corrected chi connectivity index (χ4v) is 3.68. The lowest BCUT2D eigenvalue weighted by Crippen LogP contribution is -2.44. The molecule has 2 atom stereocenters. The maximum Gasteiger partial charge on any atom is 0.224 e. The van der Waals surface area contributed by atoms with Gasteiger partial charge in [0.1, 0.15) is 0 Å². The summed E-state index contributed by atoms with van der Waals surface area (Å²) < 4.78 is 5.80. The first kappa shape index (κ1) is 19.6. The summed E-state index contributed by atoms with van der Waals surface area (Å²) in [7, 11) is 0. The van der Waals surface area contributed by atoms with E-state index >= 15 is 0 Å². The molecule has 2 unspecified atom stereocenters. The van der Waals surface area contributed by atoms with Crippen LogP contribution in [0.2, 0.25) is 0 Å². The van der Waals surface area contributed by atoms with Crippen molar-refractivity contribution in [2.24, 2.45) is 0 Å². The normalized spacial score (nSPS) is 20.4. The number of nitrogens with zero attached hydrogens (tertiary/aromatic N) is 1. The zero-order valence-electron chi connectivity index (χ0n) is 16.6. The Hall–Kier alpha value is -2.17. The van der Waals surface area contributed by atoms with Gasteiger partial charge in [-0.2, -0.15) is 0 Å². The van der Waals surface area contributed by atoms with Crippen molar-refractivity contribution < 1.29 is 9.53 Å². The number of nitrogens with one attached hydrogen (secondary N) is 1. The summed E-state index contributed by atoms with van der Waals surface area (Å²) in [6.07, 6.45) is 1.01. The van der Waals surface area contributed by atoms with E-state index in [4.69, 9.17) is 4.74 Å². The van der Waals surface area contributed by atoms with Gasteiger partial charge in [-0.3, -0.25) is 9.69 Å². The lowest BCUT2D eigenvalue weighted by Gasteiger charge is -2.35. The van der Waals surface area contributed by atoms with E-state index in [9.17, 15) is 4.79 Å². The number of ether oxygens (including phenoxy) is 1. The zero-order valence-corrected chi connectivity index (χ0v) is 16.6. The molecule has 4 heteroatoms. The predicted octanol–water partition coefficient (Wildman–Crippen LogP) is 3.46. The van der Waals surface area contributed by atoms with E-state index in [2.05, 4.69) is 48.3 Å². The number of carbonyl (C=O) groups is 1. The predicted molar refractivity (Wildman–Crippen MR) is 108 cm³/mol. The van der Waals surface area contributed by atoms with Gasteiger partial charge in [0, 0.05) is 26.2 Å². The quantitative estimate of drug-likeness (QED) is 0.851. The Morgan fingerprint density at radius 3 is 2.33 bits per heavy atom. The SMILES string of the molecule is Cc1ccccc1CC(=O)NCc1ccc(CN2CC(C)OC(C)C2)cc1. The van der Waals surface area contributed by atoms with Gasteiger partial charge in [0.2, 0.25) is 5.91 Å². The Labute approximate surface area is 162 Å². The van der Waals surface area contributed by atoms with Crippen molar-refractivity contribution in [2.45, 2.75) is 52.5 Å². The summed E-state index contributed by atoms with van der Waals surface area (Å²) in [5.41, 5.74) is 4.66. The van der Waals surface area contributed by atoms with Gasteiger partial charge in [0.05, 0.1) is 18.6 Å². The van der Waals surface area contributed by atoms with Gasteiger partial charge in [-0.1, -0.05) is 48.5 Å². The largest absolute Gasteiger partial charge is 0.373 e. The summed E-state index contributed by atoms with van der Waals surface area (Å²) in [6.45, 7) is 9.75. The molecule has 144 valence electrons. The highest BCUT2D eigenvalue weighted by Gasteiger charge is 2.21. The number of aryl methyl sites for hydroxylation is 1. The summed E-state index contributed by atoms with van der Waals surface area (Å²) in [5, 5.41) is 3.02. The van der Waals surface area contributed by atoms with E-state index in [1.807, 2.05) is 31.2 Å². The highest BCUT2D eigenvalue weighted by atomic mass is 16.5. The van der Waals surface area contributed by atoms with Gasteiger partial charge in [0.25, 0.3) is 0 Å². The highest BCUT2D eigenvalue weighted by molar-refractivity contribution is 5.78. The number of hydrogen-bond acceptors (Lipinski definition) is 3. The molecule has 2 aromatic rings. The first-order chi connectivity index (χ1) is 13.0. The van der Waals surface area contributed by atoms with Gasteiger partial charge in [0.15, 0.2) is 0 Å². The Bertz CT molecular complexity index is 747. The number of rotatable bonds is 6. The van der Waals surface area contributed by atoms with Crippen LogP contribution in [0.4, 0.5) is 0 Å². The number of hydrogen-bond donors (Lipinski definition) is 1. The third kappa shape index (κ3) is 5.91. The minimum Gasteiger partial charge on any atom is -0.373 e. The molecule has 0 saturated carbocycles. The Balaban J connectivity index is 1.47. The monoisotopic (exact) mass is 366 g/mol. The van der Waals surface area contributed by atoms with Crippen LogP contribution in [-0.4, -0.2) is 36.1 Å². The standard InChI is InChI=1S/C23H30N2O2/c1-17-6-4-5-7-22(17)12-23(26)24-13-20-8-10-21(11-9-20)16-25-14-18(2)27-19(3)15-25/h4-11,18-19H,12-16H2,1-3H3,(H,24,26). The number of amides is 1. The van der Waals surface area contributed by atoms with Gasteiger partial charge in [-0.05, 0) is 43.0 Å². The molecule has 0 aromatic heterocycles. The number of morpholine rings is 1.